The lowest BCUT2D eigenvalue weighted by Crippen LogP contribution is -2.35. The Morgan fingerprint density at radius 2 is 2.58 bits per heavy atom. The molecule has 64 valence electrons. The van der Waals surface area contributed by atoms with E-state index in [1.807, 2.05) is 0 Å². The zero-order chi connectivity index (χ0) is 8.55. The molecule has 0 atom stereocenters. The lowest BCUT2D eigenvalue weighted by molar-refractivity contribution is 0.269. The largest absolute Gasteiger partial charge is 0.495 e. The van der Waals surface area contributed by atoms with Crippen LogP contribution in [0.3, 0.4) is 0 Å². The van der Waals surface area contributed by atoms with Gasteiger partial charge in [0.15, 0.2) is 5.96 Å². The standard InChI is InChI=1S/C7H10N4O/c8-7(9)11-4-10-5-3-12-2-1-6(5)11/h1-2,10H,3-4H2,(H3,8,9). The molecule has 2 aliphatic heterocycles. The van der Waals surface area contributed by atoms with Crippen molar-refractivity contribution in [3.8, 4) is 0 Å². The molecule has 2 rings (SSSR count). The van der Waals surface area contributed by atoms with Gasteiger partial charge in [-0.25, -0.2) is 0 Å². The van der Waals surface area contributed by atoms with Crippen molar-refractivity contribution in [2.45, 2.75) is 0 Å². The van der Waals surface area contributed by atoms with Crippen LogP contribution >= 0.6 is 0 Å². The molecule has 4 N–H and O–H groups in total. The van der Waals surface area contributed by atoms with E-state index in [0.717, 1.165) is 11.4 Å². The molecule has 0 aromatic rings. The molecule has 5 nitrogen and oxygen atoms in total. The van der Waals surface area contributed by atoms with Crippen LogP contribution in [0.5, 0.6) is 0 Å². The maximum absolute atomic E-state index is 7.27. The fraction of sp³-hybridized carbons (Fsp3) is 0.286. The Kier molecular flexibility index (Phi) is 1.43. The Bertz CT molecular complexity index is 281. The number of ether oxygens (including phenoxy) is 1. The molecule has 0 saturated carbocycles. The molecule has 0 amide bonds. The Balaban J connectivity index is 2.28. The van der Waals surface area contributed by atoms with Crippen LogP contribution in [0, 0.1) is 5.41 Å². The second-order valence-corrected chi connectivity index (χ2v) is 2.63. The molecule has 0 unspecified atom stereocenters. The van der Waals surface area contributed by atoms with Crippen molar-refractivity contribution < 1.29 is 4.74 Å². The maximum atomic E-state index is 7.27. The molecule has 0 aromatic heterocycles. The Morgan fingerprint density at radius 1 is 1.75 bits per heavy atom. The number of nitrogens with one attached hydrogen (secondary N) is 2. The Labute approximate surface area is 70.0 Å². The Morgan fingerprint density at radius 3 is 3.33 bits per heavy atom. The molecule has 0 bridgehead atoms. The summed E-state index contributed by atoms with van der Waals surface area (Å²) in [4.78, 5) is 1.69. The summed E-state index contributed by atoms with van der Waals surface area (Å²) < 4.78 is 5.07. The van der Waals surface area contributed by atoms with Gasteiger partial charge in [0.05, 0.1) is 24.3 Å². The van der Waals surface area contributed by atoms with E-state index in [4.69, 9.17) is 15.9 Å². The molecular formula is C7H10N4O. The average Bonchev–Trinajstić information content (AvgIpc) is 2.47. The van der Waals surface area contributed by atoms with Crippen molar-refractivity contribution in [3.63, 3.8) is 0 Å². The second kappa shape index (κ2) is 2.44. The normalized spacial score (nSPS) is 20.2. The van der Waals surface area contributed by atoms with E-state index in [2.05, 4.69) is 5.32 Å². The summed E-state index contributed by atoms with van der Waals surface area (Å²) >= 11 is 0. The topological polar surface area (TPSA) is 74.4 Å². The van der Waals surface area contributed by atoms with Crippen molar-refractivity contribution in [1.82, 2.24) is 10.2 Å². The third-order valence-electron chi connectivity index (χ3n) is 1.89. The van der Waals surface area contributed by atoms with E-state index < -0.39 is 0 Å². The van der Waals surface area contributed by atoms with E-state index in [0.29, 0.717) is 13.3 Å². The van der Waals surface area contributed by atoms with Gasteiger partial charge in [0, 0.05) is 0 Å². The van der Waals surface area contributed by atoms with Crippen molar-refractivity contribution in [3.05, 3.63) is 23.7 Å². The van der Waals surface area contributed by atoms with Gasteiger partial charge in [-0.15, -0.1) is 0 Å². The maximum Gasteiger partial charge on any atom is 0.194 e. The van der Waals surface area contributed by atoms with Crippen molar-refractivity contribution in [1.29, 1.82) is 5.41 Å². The number of nitrogens with two attached hydrogens (primary N) is 1. The third-order valence-corrected chi connectivity index (χ3v) is 1.89. The van der Waals surface area contributed by atoms with Crippen LogP contribution in [0.1, 0.15) is 0 Å². The number of guanidine groups is 1. The van der Waals surface area contributed by atoms with Crippen LogP contribution < -0.4 is 11.1 Å². The second-order valence-electron chi connectivity index (χ2n) is 2.63. The van der Waals surface area contributed by atoms with Crippen molar-refractivity contribution in [2.75, 3.05) is 13.3 Å². The third kappa shape index (κ3) is 0.903. The number of nitrogens with zero attached hydrogens (tertiary/aromatic N) is 1. The van der Waals surface area contributed by atoms with Gasteiger partial charge in [0.1, 0.15) is 6.61 Å². The molecule has 2 aliphatic rings. The minimum absolute atomic E-state index is 0.0547. The van der Waals surface area contributed by atoms with Crippen LogP contribution in [-0.2, 0) is 4.74 Å². The lowest BCUT2D eigenvalue weighted by Gasteiger charge is -2.17. The highest BCUT2D eigenvalue weighted by Crippen LogP contribution is 2.19. The number of rotatable bonds is 0. The molecular weight excluding hydrogens is 156 g/mol. The summed E-state index contributed by atoms with van der Waals surface area (Å²) in [5.74, 6) is 0.0547. The first-order valence-electron chi connectivity index (χ1n) is 3.66. The fourth-order valence-electron chi connectivity index (χ4n) is 1.29. The number of allylic oxidation sites excluding steroid dienone is 1. The summed E-state index contributed by atoms with van der Waals surface area (Å²) in [7, 11) is 0. The highest BCUT2D eigenvalue weighted by Gasteiger charge is 2.23. The zero-order valence-electron chi connectivity index (χ0n) is 6.50. The first-order valence-corrected chi connectivity index (χ1v) is 3.66. The van der Waals surface area contributed by atoms with E-state index in [-0.39, 0.29) is 5.96 Å². The van der Waals surface area contributed by atoms with Crippen LogP contribution in [0.2, 0.25) is 0 Å². The van der Waals surface area contributed by atoms with E-state index in [1.54, 1.807) is 17.2 Å². The summed E-state index contributed by atoms with van der Waals surface area (Å²) in [6.45, 7) is 1.10. The van der Waals surface area contributed by atoms with Gasteiger partial charge in [0.25, 0.3) is 0 Å². The highest BCUT2D eigenvalue weighted by atomic mass is 16.5. The first-order chi connectivity index (χ1) is 5.79. The quantitative estimate of drug-likeness (QED) is 0.335. The van der Waals surface area contributed by atoms with Crippen molar-refractivity contribution in [2.24, 2.45) is 5.73 Å². The minimum atomic E-state index is 0.0547. The van der Waals surface area contributed by atoms with E-state index in [1.165, 1.54) is 0 Å². The SMILES string of the molecule is N=C(N)N1CNC2=C1C=COC2. The minimum Gasteiger partial charge on any atom is -0.495 e. The van der Waals surface area contributed by atoms with Gasteiger partial charge in [-0.3, -0.25) is 10.3 Å². The smallest absolute Gasteiger partial charge is 0.194 e. The molecule has 12 heavy (non-hydrogen) atoms. The van der Waals surface area contributed by atoms with Gasteiger partial charge >= 0.3 is 0 Å². The fourth-order valence-corrected chi connectivity index (χ4v) is 1.29. The number of hydrogen-bond acceptors (Lipinski definition) is 3. The summed E-state index contributed by atoms with van der Waals surface area (Å²) in [6, 6.07) is 0. The van der Waals surface area contributed by atoms with Gasteiger partial charge in [-0.05, 0) is 6.08 Å². The van der Waals surface area contributed by atoms with Crippen LogP contribution in [0.4, 0.5) is 0 Å². The summed E-state index contributed by atoms with van der Waals surface area (Å²) in [5, 5.41) is 10.4. The van der Waals surface area contributed by atoms with Gasteiger partial charge in [-0.1, -0.05) is 0 Å². The van der Waals surface area contributed by atoms with Crippen LogP contribution in [0.25, 0.3) is 0 Å². The predicted octanol–water partition coefficient (Wildman–Crippen LogP) is -0.502. The molecule has 2 heterocycles. The average molecular weight is 166 g/mol. The molecule has 5 heteroatoms. The zero-order valence-corrected chi connectivity index (χ0v) is 6.50. The molecule has 0 radical (unpaired) electrons. The van der Waals surface area contributed by atoms with E-state index in [9.17, 15) is 0 Å². The van der Waals surface area contributed by atoms with Crippen molar-refractivity contribution >= 4 is 5.96 Å². The molecule has 0 spiro atoms. The monoisotopic (exact) mass is 166 g/mol. The van der Waals surface area contributed by atoms with Crippen LogP contribution in [-0.4, -0.2) is 24.1 Å². The summed E-state index contributed by atoms with van der Waals surface area (Å²) in [5.41, 5.74) is 7.30. The lowest BCUT2D eigenvalue weighted by atomic mass is 10.3. The van der Waals surface area contributed by atoms with Gasteiger partial charge in [-0.2, -0.15) is 0 Å². The van der Waals surface area contributed by atoms with Gasteiger partial charge in [0.2, 0.25) is 0 Å². The first kappa shape index (κ1) is 7.02. The highest BCUT2D eigenvalue weighted by molar-refractivity contribution is 5.78. The van der Waals surface area contributed by atoms with Crippen LogP contribution in [0.15, 0.2) is 23.7 Å². The molecule has 0 aromatic carbocycles. The molecule has 0 fully saturated rings. The van der Waals surface area contributed by atoms with Gasteiger partial charge < -0.3 is 15.8 Å². The molecule has 0 aliphatic carbocycles. The van der Waals surface area contributed by atoms with E-state index >= 15 is 0 Å². The Hall–Kier alpha value is -1.65. The number of hydrogen-bond donors (Lipinski definition) is 3. The predicted molar refractivity (Wildman–Crippen MR) is 43.9 cm³/mol. The molecule has 0 saturated heterocycles. The summed E-state index contributed by atoms with van der Waals surface area (Å²) in [6.07, 6.45) is 3.42.